The first-order valence-electron chi connectivity index (χ1n) is 10.7. The molecule has 0 bridgehead atoms. The van der Waals surface area contributed by atoms with Crippen molar-refractivity contribution in [2.75, 3.05) is 6.54 Å². The highest BCUT2D eigenvalue weighted by Crippen LogP contribution is 2.39. The normalized spacial score (nSPS) is 18.8. The number of hydrogen-bond donors (Lipinski definition) is 1. The van der Waals surface area contributed by atoms with Crippen LogP contribution < -0.4 is 4.74 Å². The van der Waals surface area contributed by atoms with Crippen LogP contribution in [0.3, 0.4) is 0 Å². The van der Waals surface area contributed by atoms with E-state index in [2.05, 4.69) is 25.8 Å². The molecule has 1 aromatic carbocycles. The summed E-state index contributed by atoms with van der Waals surface area (Å²) in [4.78, 5) is 30.2. The Bertz CT molecular complexity index is 1110. The largest absolute Gasteiger partial charge is 0.480 e. The van der Waals surface area contributed by atoms with Crippen LogP contribution in [0.1, 0.15) is 55.0 Å². The van der Waals surface area contributed by atoms with Crippen molar-refractivity contribution in [1.29, 1.82) is 0 Å². The highest BCUT2D eigenvalue weighted by molar-refractivity contribution is 6.31. The molecular formula is C24H31ClN2O5. The zero-order valence-corrected chi connectivity index (χ0v) is 20.7. The van der Waals surface area contributed by atoms with Gasteiger partial charge in [-0.2, -0.15) is 0 Å². The van der Waals surface area contributed by atoms with Crippen molar-refractivity contribution in [2.45, 2.75) is 79.6 Å². The number of carboxylic acid groups (broad SMARTS) is 1. The number of aromatic nitrogens is 1. The van der Waals surface area contributed by atoms with E-state index in [0.717, 1.165) is 33.0 Å². The first-order valence-corrected chi connectivity index (χ1v) is 11.1. The van der Waals surface area contributed by atoms with Crippen molar-refractivity contribution in [1.82, 2.24) is 9.88 Å². The molecule has 1 fully saturated rings. The molecule has 2 aromatic rings. The summed E-state index contributed by atoms with van der Waals surface area (Å²) in [6.45, 7) is 15.5. The number of likely N-dealkylation sites (tertiary alicyclic amines) is 1. The van der Waals surface area contributed by atoms with Crippen LogP contribution in [-0.4, -0.2) is 51.3 Å². The average molecular weight is 463 g/mol. The number of halogens is 1. The summed E-state index contributed by atoms with van der Waals surface area (Å²) >= 11 is 6.46. The molecule has 0 unspecified atom stereocenters. The zero-order valence-electron chi connectivity index (χ0n) is 19.9. The van der Waals surface area contributed by atoms with Gasteiger partial charge >= 0.3 is 12.1 Å². The Morgan fingerprint density at radius 3 is 2.09 bits per heavy atom. The van der Waals surface area contributed by atoms with Crippen LogP contribution in [0.5, 0.6) is 5.88 Å². The van der Waals surface area contributed by atoms with Gasteiger partial charge in [-0.1, -0.05) is 11.6 Å². The van der Waals surface area contributed by atoms with Gasteiger partial charge in [0, 0.05) is 11.8 Å². The van der Waals surface area contributed by atoms with Gasteiger partial charge in [0.25, 0.3) is 0 Å². The smallest absolute Gasteiger partial charge is 0.411 e. The summed E-state index contributed by atoms with van der Waals surface area (Å²) in [5, 5.41) is 11.9. The van der Waals surface area contributed by atoms with Crippen molar-refractivity contribution in [3.63, 3.8) is 0 Å². The van der Waals surface area contributed by atoms with Gasteiger partial charge in [-0.3, -0.25) is 4.90 Å². The van der Waals surface area contributed by atoms with E-state index in [1.165, 1.54) is 10.5 Å². The van der Waals surface area contributed by atoms with Crippen LogP contribution in [-0.2, 0) is 9.53 Å². The number of nitrogens with zero attached hydrogens (tertiary/aromatic N) is 2. The van der Waals surface area contributed by atoms with Gasteiger partial charge in [0.1, 0.15) is 22.9 Å². The Balaban J connectivity index is 2.02. The van der Waals surface area contributed by atoms with Crippen molar-refractivity contribution < 1.29 is 24.2 Å². The molecule has 7 nitrogen and oxygen atoms in total. The molecule has 1 aromatic heterocycles. The lowest BCUT2D eigenvalue weighted by molar-refractivity contribution is -0.142. The third kappa shape index (κ3) is 4.35. The van der Waals surface area contributed by atoms with E-state index in [0.29, 0.717) is 11.0 Å². The molecular weight excluding hydrogens is 432 g/mol. The number of carbonyl (C=O) groups is 2. The standard InChI is InChI=1S/C24H31ClN2O5/c1-11-12(2)14(4)19-18(13(11)3)15(5)20(25)26-21(19)31-16-9-17(22(28)29)27(10-16)23(30)32-24(6,7)8/h16-17H,9-10H2,1-8H3,(H,28,29)/t16-,17+/m1/s1. The molecule has 8 heteroatoms. The van der Waals surface area contributed by atoms with Crippen LogP contribution in [0.2, 0.25) is 5.15 Å². The fraction of sp³-hybridized carbons (Fsp3) is 0.542. The van der Waals surface area contributed by atoms with E-state index in [4.69, 9.17) is 21.1 Å². The summed E-state index contributed by atoms with van der Waals surface area (Å²) in [5.41, 5.74) is 4.64. The SMILES string of the molecule is Cc1c(C)c(C)c2c(C)c(Cl)nc(O[C@@H]3C[C@@H](C(=O)O)N(C(=O)OC(C)(C)C)C3)c2c1C. The molecule has 0 saturated carbocycles. The Morgan fingerprint density at radius 2 is 1.56 bits per heavy atom. The third-order valence-corrected chi connectivity index (χ3v) is 6.61. The summed E-state index contributed by atoms with van der Waals surface area (Å²) in [6.07, 6.45) is -1.10. The molecule has 1 aliphatic rings. The van der Waals surface area contributed by atoms with Gasteiger partial charge in [0.05, 0.1) is 6.54 Å². The third-order valence-electron chi connectivity index (χ3n) is 6.24. The molecule has 2 atom stereocenters. The van der Waals surface area contributed by atoms with Crippen molar-refractivity contribution in [2.24, 2.45) is 0 Å². The molecule has 32 heavy (non-hydrogen) atoms. The maximum absolute atomic E-state index is 12.6. The maximum Gasteiger partial charge on any atom is 0.411 e. The highest BCUT2D eigenvalue weighted by atomic mass is 35.5. The number of aliphatic carboxylic acids is 1. The van der Waals surface area contributed by atoms with Crippen LogP contribution >= 0.6 is 11.6 Å². The van der Waals surface area contributed by atoms with Crippen molar-refractivity contribution in [3.05, 3.63) is 33.0 Å². The van der Waals surface area contributed by atoms with Crippen LogP contribution in [0.25, 0.3) is 10.8 Å². The second-order valence-corrected chi connectivity index (χ2v) is 9.90. The number of carboxylic acids is 1. The number of ether oxygens (including phenoxy) is 2. The molecule has 1 saturated heterocycles. The van der Waals surface area contributed by atoms with E-state index in [1.807, 2.05) is 13.8 Å². The van der Waals surface area contributed by atoms with Crippen molar-refractivity contribution >= 4 is 34.4 Å². The quantitative estimate of drug-likeness (QED) is 0.625. The van der Waals surface area contributed by atoms with Gasteiger partial charge in [-0.05, 0) is 88.6 Å². The first-order chi connectivity index (χ1) is 14.7. The number of rotatable bonds is 3. The molecule has 0 spiro atoms. The topological polar surface area (TPSA) is 89.0 Å². The molecule has 1 N–H and O–H groups in total. The second-order valence-electron chi connectivity index (χ2n) is 9.55. The van der Waals surface area contributed by atoms with Gasteiger partial charge < -0.3 is 14.6 Å². The predicted octanol–water partition coefficient (Wildman–Crippen LogP) is 5.27. The molecule has 0 aliphatic carbocycles. The number of benzene rings is 1. The number of hydrogen-bond acceptors (Lipinski definition) is 5. The molecule has 3 rings (SSSR count). The number of pyridine rings is 1. The summed E-state index contributed by atoms with van der Waals surface area (Å²) < 4.78 is 11.6. The van der Waals surface area contributed by atoms with Gasteiger partial charge in [-0.25, -0.2) is 14.6 Å². The molecule has 2 heterocycles. The number of carbonyl (C=O) groups excluding carboxylic acids is 1. The fourth-order valence-electron chi connectivity index (χ4n) is 4.26. The zero-order chi connectivity index (χ0) is 24.1. The number of aryl methyl sites for hydroxylation is 3. The molecule has 174 valence electrons. The monoisotopic (exact) mass is 462 g/mol. The Morgan fingerprint density at radius 1 is 1.00 bits per heavy atom. The Labute approximate surface area is 193 Å². The van der Waals surface area contributed by atoms with E-state index in [9.17, 15) is 14.7 Å². The van der Waals surface area contributed by atoms with Crippen LogP contribution in [0, 0.1) is 34.6 Å². The maximum atomic E-state index is 12.6. The molecule has 1 amide bonds. The van der Waals surface area contributed by atoms with E-state index < -0.39 is 29.8 Å². The lowest BCUT2D eigenvalue weighted by Gasteiger charge is -2.26. The molecule has 0 radical (unpaired) electrons. The van der Waals surface area contributed by atoms with E-state index >= 15 is 0 Å². The lowest BCUT2D eigenvalue weighted by atomic mass is 9.90. The second kappa shape index (κ2) is 8.43. The number of amides is 1. The van der Waals surface area contributed by atoms with Gasteiger partial charge in [-0.15, -0.1) is 0 Å². The minimum atomic E-state index is -1.10. The van der Waals surface area contributed by atoms with Crippen molar-refractivity contribution in [3.8, 4) is 5.88 Å². The Kier molecular flexibility index (Phi) is 6.35. The van der Waals surface area contributed by atoms with Crippen LogP contribution in [0.4, 0.5) is 4.79 Å². The van der Waals surface area contributed by atoms with Gasteiger partial charge in [0.15, 0.2) is 0 Å². The predicted molar refractivity (Wildman–Crippen MR) is 124 cm³/mol. The molecule has 1 aliphatic heterocycles. The summed E-state index contributed by atoms with van der Waals surface area (Å²) in [5.74, 6) is -0.736. The van der Waals surface area contributed by atoms with Crippen LogP contribution in [0.15, 0.2) is 0 Å². The lowest BCUT2D eigenvalue weighted by Crippen LogP contribution is -2.43. The van der Waals surface area contributed by atoms with E-state index in [1.54, 1.807) is 20.8 Å². The van der Waals surface area contributed by atoms with E-state index in [-0.39, 0.29) is 13.0 Å². The fourth-order valence-corrected chi connectivity index (χ4v) is 4.43. The minimum absolute atomic E-state index is 0.0867. The first kappa shape index (κ1) is 24.1. The summed E-state index contributed by atoms with van der Waals surface area (Å²) in [7, 11) is 0. The minimum Gasteiger partial charge on any atom is -0.480 e. The Hall–Kier alpha value is -2.54. The highest BCUT2D eigenvalue weighted by Gasteiger charge is 2.43. The number of fused-ring (bicyclic) bond motifs is 1. The summed E-state index contributed by atoms with van der Waals surface area (Å²) in [6, 6.07) is -1.03. The average Bonchev–Trinajstić information content (AvgIpc) is 3.10. The van der Waals surface area contributed by atoms with Gasteiger partial charge in [0.2, 0.25) is 5.88 Å².